The number of rotatable bonds is 5. The van der Waals surface area contributed by atoms with Crippen LogP contribution in [0.1, 0.15) is 62.7 Å². The van der Waals surface area contributed by atoms with E-state index >= 15 is 0 Å². The third-order valence-electron chi connectivity index (χ3n) is 6.56. The van der Waals surface area contributed by atoms with E-state index in [-0.39, 0.29) is 11.3 Å². The zero-order chi connectivity index (χ0) is 17.4. The van der Waals surface area contributed by atoms with Crippen molar-refractivity contribution in [1.29, 1.82) is 0 Å². The van der Waals surface area contributed by atoms with Crippen molar-refractivity contribution in [3.63, 3.8) is 0 Å². The van der Waals surface area contributed by atoms with Crippen LogP contribution in [-0.4, -0.2) is 18.2 Å². The summed E-state index contributed by atoms with van der Waals surface area (Å²) >= 11 is 0. The minimum absolute atomic E-state index is 0.146. The summed E-state index contributed by atoms with van der Waals surface area (Å²) in [6.45, 7) is 4.69. The molecule has 0 saturated heterocycles. The minimum atomic E-state index is -0.146. The number of hydrogen-bond acceptors (Lipinski definition) is 3. The zero-order valence-electron chi connectivity index (χ0n) is 15.3. The number of benzene rings is 1. The molecular formula is C21H28N2O2. The van der Waals surface area contributed by atoms with E-state index in [1.165, 1.54) is 38.5 Å². The third-order valence-corrected chi connectivity index (χ3v) is 6.56. The summed E-state index contributed by atoms with van der Waals surface area (Å²) in [6, 6.07) is 7.23. The molecule has 4 fully saturated rings. The van der Waals surface area contributed by atoms with Crippen LogP contribution in [-0.2, 0) is 0 Å². The first-order valence-corrected chi connectivity index (χ1v) is 9.66. The molecule has 1 amide bonds. The van der Waals surface area contributed by atoms with Crippen LogP contribution in [0.3, 0.4) is 0 Å². The number of nitrogens with zero attached hydrogens (tertiary/aromatic N) is 1. The summed E-state index contributed by atoms with van der Waals surface area (Å²) < 4.78 is 5.42. The maximum Gasteiger partial charge on any atom is 0.271 e. The lowest BCUT2D eigenvalue weighted by molar-refractivity contribution is -0.0128. The van der Waals surface area contributed by atoms with Gasteiger partial charge in [0.1, 0.15) is 5.75 Å². The summed E-state index contributed by atoms with van der Waals surface area (Å²) in [5.74, 6) is 3.30. The highest BCUT2D eigenvalue weighted by Gasteiger charge is 2.52. The van der Waals surface area contributed by atoms with E-state index in [1.54, 1.807) is 12.1 Å². The summed E-state index contributed by atoms with van der Waals surface area (Å²) in [6.07, 6.45) is 8.08. The molecule has 0 aliphatic heterocycles. The van der Waals surface area contributed by atoms with Gasteiger partial charge < -0.3 is 4.74 Å². The van der Waals surface area contributed by atoms with Gasteiger partial charge in [-0.05, 0) is 94.4 Å². The van der Waals surface area contributed by atoms with Crippen molar-refractivity contribution in [3.05, 3.63) is 29.8 Å². The molecule has 0 aromatic heterocycles. The van der Waals surface area contributed by atoms with E-state index < -0.39 is 0 Å². The first-order chi connectivity index (χ1) is 12.1. The second-order valence-electron chi connectivity index (χ2n) is 8.29. The molecule has 4 bridgehead atoms. The Morgan fingerprint density at radius 1 is 1.12 bits per heavy atom. The number of ether oxygens (including phenoxy) is 1. The largest absolute Gasteiger partial charge is 0.494 e. The van der Waals surface area contributed by atoms with Crippen molar-refractivity contribution < 1.29 is 9.53 Å². The van der Waals surface area contributed by atoms with Crippen LogP contribution in [0.15, 0.2) is 29.4 Å². The molecule has 1 aromatic rings. The molecule has 5 rings (SSSR count). The second kappa shape index (κ2) is 6.47. The quantitative estimate of drug-likeness (QED) is 0.638. The fourth-order valence-corrected chi connectivity index (χ4v) is 5.74. The Morgan fingerprint density at radius 3 is 2.20 bits per heavy atom. The Morgan fingerprint density at radius 2 is 1.68 bits per heavy atom. The SMILES string of the molecule is CCOc1ccc(C(=O)N/N=C(\C)C23CC4CC(CC(C4)C2)C3)cc1. The molecule has 0 atom stereocenters. The second-order valence-corrected chi connectivity index (χ2v) is 8.29. The van der Waals surface area contributed by atoms with Crippen LogP contribution in [0.2, 0.25) is 0 Å². The first-order valence-electron chi connectivity index (χ1n) is 9.66. The highest BCUT2D eigenvalue weighted by Crippen LogP contribution is 2.60. The van der Waals surface area contributed by atoms with E-state index in [0.717, 1.165) is 29.2 Å². The van der Waals surface area contributed by atoms with E-state index in [9.17, 15) is 4.79 Å². The van der Waals surface area contributed by atoms with E-state index in [1.807, 2.05) is 19.1 Å². The normalized spacial score (nSPS) is 33.4. The number of nitrogens with one attached hydrogen (secondary N) is 1. The van der Waals surface area contributed by atoms with Gasteiger partial charge >= 0.3 is 0 Å². The lowest BCUT2D eigenvalue weighted by Crippen LogP contribution is -2.49. The van der Waals surface area contributed by atoms with Gasteiger partial charge in [-0.1, -0.05) is 0 Å². The molecule has 0 radical (unpaired) electrons. The van der Waals surface area contributed by atoms with Crippen molar-refractivity contribution in [3.8, 4) is 5.75 Å². The van der Waals surface area contributed by atoms with E-state index in [2.05, 4.69) is 17.5 Å². The molecule has 0 spiro atoms. The topological polar surface area (TPSA) is 50.7 Å². The smallest absolute Gasteiger partial charge is 0.271 e. The van der Waals surface area contributed by atoms with E-state index in [4.69, 9.17) is 4.74 Å². The van der Waals surface area contributed by atoms with Crippen LogP contribution >= 0.6 is 0 Å². The fraction of sp³-hybridized carbons (Fsp3) is 0.619. The Kier molecular flexibility index (Phi) is 4.30. The molecule has 4 aliphatic rings. The summed E-state index contributed by atoms with van der Waals surface area (Å²) in [5.41, 5.74) is 4.78. The highest BCUT2D eigenvalue weighted by atomic mass is 16.5. The molecule has 25 heavy (non-hydrogen) atoms. The average molecular weight is 340 g/mol. The molecule has 4 heteroatoms. The number of hydrogen-bond donors (Lipinski definition) is 1. The van der Waals surface area contributed by atoms with Gasteiger partial charge in [-0.25, -0.2) is 5.43 Å². The van der Waals surface area contributed by atoms with Crippen LogP contribution in [0, 0.1) is 23.2 Å². The van der Waals surface area contributed by atoms with Crippen LogP contribution in [0.4, 0.5) is 0 Å². The molecule has 4 nitrogen and oxygen atoms in total. The number of hydrazone groups is 1. The van der Waals surface area contributed by atoms with Crippen LogP contribution < -0.4 is 10.2 Å². The van der Waals surface area contributed by atoms with Gasteiger partial charge in [0.25, 0.3) is 5.91 Å². The number of carbonyl (C=O) groups is 1. The molecule has 134 valence electrons. The predicted octanol–water partition coefficient (Wildman–Crippen LogP) is 4.41. The summed E-state index contributed by atoms with van der Waals surface area (Å²) in [5, 5.41) is 4.54. The van der Waals surface area contributed by atoms with Gasteiger partial charge in [0, 0.05) is 16.7 Å². The van der Waals surface area contributed by atoms with Gasteiger partial charge in [-0.3, -0.25) is 4.79 Å². The van der Waals surface area contributed by atoms with Gasteiger partial charge in [-0.2, -0.15) is 5.10 Å². The number of amides is 1. The highest BCUT2D eigenvalue weighted by molar-refractivity contribution is 5.96. The lowest BCUT2D eigenvalue weighted by Gasteiger charge is -2.56. The molecular weight excluding hydrogens is 312 g/mol. The van der Waals surface area contributed by atoms with Crippen molar-refractivity contribution in [2.24, 2.45) is 28.3 Å². The Balaban J connectivity index is 1.43. The standard InChI is InChI=1S/C21H28N2O2/c1-3-25-19-6-4-18(5-7-19)20(24)23-22-14(2)21-11-15-8-16(12-21)10-17(9-15)13-21/h4-7,15-17H,3,8-13H2,1-2H3,(H,23,24)/b22-14+. The average Bonchev–Trinajstić information content (AvgIpc) is 2.59. The van der Waals surface area contributed by atoms with E-state index in [0.29, 0.717) is 12.2 Å². The Labute approximate surface area is 150 Å². The van der Waals surface area contributed by atoms with Gasteiger partial charge in [-0.15, -0.1) is 0 Å². The van der Waals surface area contributed by atoms with Crippen molar-refractivity contribution in [2.45, 2.75) is 52.4 Å². The maximum absolute atomic E-state index is 12.4. The van der Waals surface area contributed by atoms with Crippen molar-refractivity contribution >= 4 is 11.6 Å². The molecule has 4 aliphatic carbocycles. The maximum atomic E-state index is 12.4. The molecule has 4 saturated carbocycles. The molecule has 1 aromatic carbocycles. The third kappa shape index (κ3) is 3.19. The van der Waals surface area contributed by atoms with Crippen molar-refractivity contribution in [1.82, 2.24) is 5.43 Å². The first kappa shape index (κ1) is 16.6. The van der Waals surface area contributed by atoms with Gasteiger partial charge in [0.05, 0.1) is 6.61 Å². The fourth-order valence-electron chi connectivity index (χ4n) is 5.74. The minimum Gasteiger partial charge on any atom is -0.494 e. The van der Waals surface area contributed by atoms with Crippen LogP contribution in [0.5, 0.6) is 5.75 Å². The van der Waals surface area contributed by atoms with Gasteiger partial charge in [0.2, 0.25) is 0 Å². The Bertz CT molecular complexity index is 642. The monoisotopic (exact) mass is 340 g/mol. The zero-order valence-corrected chi connectivity index (χ0v) is 15.3. The Hall–Kier alpha value is -1.84. The summed E-state index contributed by atoms with van der Waals surface area (Å²) in [4.78, 5) is 12.4. The summed E-state index contributed by atoms with van der Waals surface area (Å²) in [7, 11) is 0. The number of carbonyl (C=O) groups excluding carboxylic acids is 1. The van der Waals surface area contributed by atoms with Crippen LogP contribution in [0.25, 0.3) is 0 Å². The predicted molar refractivity (Wildman–Crippen MR) is 98.8 cm³/mol. The molecule has 0 unspecified atom stereocenters. The lowest BCUT2D eigenvalue weighted by atomic mass is 9.48. The van der Waals surface area contributed by atoms with Crippen molar-refractivity contribution in [2.75, 3.05) is 6.61 Å². The molecule has 1 N–H and O–H groups in total. The van der Waals surface area contributed by atoms with Gasteiger partial charge in [0.15, 0.2) is 0 Å². The molecule has 0 heterocycles.